The molecule has 194 valence electrons. The van der Waals surface area contributed by atoms with E-state index in [4.69, 9.17) is 0 Å². The van der Waals surface area contributed by atoms with E-state index in [1.807, 2.05) is 0 Å². The Labute approximate surface area is 213 Å². The fraction of sp³-hybridized carbons (Fsp3) is 0.812. The minimum absolute atomic E-state index is 0.00966. The quantitative estimate of drug-likeness (QED) is 0.330. The van der Waals surface area contributed by atoms with E-state index >= 15 is 0 Å². The summed E-state index contributed by atoms with van der Waals surface area (Å²) in [4.78, 5) is 24.5. The van der Waals surface area contributed by atoms with Gasteiger partial charge in [-0.15, -0.1) is 0 Å². The third-order valence-corrected chi connectivity index (χ3v) is 13.4. The Balaban J connectivity index is 1.56. The average Bonchev–Trinajstić information content (AvgIpc) is 3.16. The number of hydrogen-bond donors (Lipinski definition) is 1. The van der Waals surface area contributed by atoms with Crippen LogP contribution in [0, 0.1) is 56.7 Å². The molecule has 0 radical (unpaired) electrons. The number of aliphatic carboxylic acids is 1. The molecule has 35 heavy (non-hydrogen) atoms. The van der Waals surface area contributed by atoms with E-state index < -0.39 is 5.97 Å². The van der Waals surface area contributed by atoms with E-state index in [-0.39, 0.29) is 27.1 Å². The van der Waals surface area contributed by atoms with E-state index in [1.54, 1.807) is 0 Å². The van der Waals surface area contributed by atoms with Crippen molar-refractivity contribution in [1.82, 2.24) is 0 Å². The Hall–Kier alpha value is -1.38. The molecular weight excluding hydrogens is 432 g/mol. The highest BCUT2D eigenvalue weighted by Crippen LogP contribution is 2.77. The highest BCUT2D eigenvalue weighted by molar-refractivity contribution is 5.85. The van der Waals surface area contributed by atoms with Crippen molar-refractivity contribution in [3.63, 3.8) is 0 Å². The van der Waals surface area contributed by atoms with Crippen LogP contribution in [-0.4, -0.2) is 16.9 Å². The van der Waals surface area contributed by atoms with Gasteiger partial charge in [-0.25, -0.2) is 4.79 Å². The average molecular weight is 481 g/mol. The summed E-state index contributed by atoms with van der Waals surface area (Å²) in [6.07, 6.45) is 14.8. The lowest BCUT2D eigenvalue weighted by atomic mass is 9.32. The maximum absolute atomic E-state index is 13.0. The predicted octanol–water partition coefficient (Wildman–Crippen LogP) is 7.85. The first-order chi connectivity index (χ1) is 16.2. The van der Waals surface area contributed by atoms with Crippen LogP contribution in [0.2, 0.25) is 0 Å². The van der Waals surface area contributed by atoms with Crippen LogP contribution in [0.15, 0.2) is 24.3 Å². The molecule has 0 heterocycles. The molecule has 0 aliphatic heterocycles. The molecule has 0 aromatic heterocycles. The van der Waals surface area contributed by atoms with Gasteiger partial charge in [0.15, 0.2) is 0 Å². The topological polar surface area (TPSA) is 54.4 Å². The molecule has 5 fully saturated rings. The molecule has 0 saturated heterocycles. The van der Waals surface area contributed by atoms with Gasteiger partial charge in [-0.2, -0.15) is 0 Å². The molecule has 3 heteroatoms. The zero-order chi connectivity index (χ0) is 25.6. The van der Waals surface area contributed by atoms with Gasteiger partial charge in [-0.1, -0.05) is 52.8 Å². The number of carbonyl (C=O) groups excluding carboxylic acids is 1. The van der Waals surface area contributed by atoms with Crippen LogP contribution in [0.25, 0.3) is 0 Å². The van der Waals surface area contributed by atoms with Gasteiger partial charge in [0, 0.05) is 17.9 Å². The summed E-state index contributed by atoms with van der Waals surface area (Å²) in [5, 5.41) is 9.49. The largest absolute Gasteiger partial charge is 0.478 e. The zero-order valence-electron chi connectivity index (χ0n) is 23.1. The highest BCUT2D eigenvalue weighted by Gasteiger charge is 2.70. The van der Waals surface area contributed by atoms with E-state index in [0.717, 1.165) is 32.1 Å². The van der Waals surface area contributed by atoms with Crippen LogP contribution in [0.1, 0.15) is 106 Å². The molecule has 0 amide bonds. The second-order valence-corrected chi connectivity index (χ2v) is 14.7. The zero-order valence-corrected chi connectivity index (χ0v) is 23.1. The normalized spacial score (nSPS) is 50.7. The minimum Gasteiger partial charge on any atom is -0.478 e. The first kappa shape index (κ1) is 25.3. The number of hydrogen-bond acceptors (Lipinski definition) is 2. The van der Waals surface area contributed by atoms with Crippen molar-refractivity contribution in [2.45, 2.75) is 106 Å². The Morgan fingerprint density at radius 2 is 1.63 bits per heavy atom. The molecule has 5 saturated carbocycles. The van der Waals surface area contributed by atoms with Crippen LogP contribution in [0.5, 0.6) is 0 Å². The van der Waals surface area contributed by atoms with Gasteiger partial charge in [-0.3, -0.25) is 4.79 Å². The molecule has 0 aromatic rings. The van der Waals surface area contributed by atoms with Gasteiger partial charge in [0.05, 0.1) is 0 Å². The Kier molecular flexibility index (Phi) is 5.64. The summed E-state index contributed by atoms with van der Waals surface area (Å²) in [7, 11) is 0. The first-order valence-corrected chi connectivity index (χ1v) is 14.3. The smallest absolute Gasteiger partial charge is 0.327 e. The minimum atomic E-state index is -0.818. The molecular formula is C32H48O3. The lowest BCUT2D eigenvalue weighted by Gasteiger charge is -2.72. The molecule has 3 nitrogen and oxygen atoms in total. The number of Topliss-reactive ketones (excluding diaryl/α,β-unsaturated/α-hetero) is 1. The number of carboxylic acid groups (broad SMARTS) is 1. The van der Waals surface area contributed by atoms with Crippen molar-refractivity contribution >= 4 is 11.8 Å². The van der Waals surface area contributed by atoms with Gasteiger partial charge in [0.2, 0.25) is 0 Å². The van der Waals surface area contributed by atoms with E-state index in [1.165, 1.54) is 43.8 Å². The molecule has 5 rings (SSSR count). The lowest BCUT2D eigenvalue weighted by Crippen LogP contribution is -2.66. The fourth-order valence-electron chi connectivity index (χ4n) is 11.5. The second kappa shape index (κ2) is 7.81. The molecule has 9 atom stereocenters. The predicted molar refractivity (Wildman–Crippen MR) is 141 cm³/mol. The van der Waals surface area contributed by atoms with Crippen LogP contribution in [0.4, 0.5) is 0 Å². The molecule has 0 bridgehead atoms. The summed E-state index contributed by atoms with van der Waals surface area (Å²) >= 11 is 0. The van der Waals surface area contributed by atoms with Crippen molar-refractivity contribution in [3.05, 3.63) is 24.3 Å². The van der Waals surface area contributed by atoms with Crippen LogP contribution >= 0.6 is 0 Å². The number of fused-ring (bicyclic) bond motifs is 7. The Morgan fingerprint density at radius 3 is 2.29 bits per heavy atom. The number of carboxylic acids is 1. The first-order valence-electron chi connectivity index (χ1n) is 14.3. The van der Waals surface area contributed by atoms with Crippen molar-refractivity contribution in [1.29, 1.82) is 0 Å². The van der Waals surface area contributed by atoms with Crippen LogP contribution in [0.3, 0.4) is 0 Å². The van der Waals surface area contributed by atoms with E-state index in [2.05, 4.69) is 54.2 Å². The van der Waals surface area contributed by atoms with E-state index in [0.29, 0.717) is 35.4 Å². The van der Waals surface area contributed by atoms with Gasteiger partial charge in [-0.05, 0) is 116 Å². The Bertz CT molecular complexity index is 975. The number of carbonyl (C=O) groups is 2. The maximum atomic E-state index is 13.0. The third kappa shape index (κ3) is 3.21. The SMILES string of the molecule is C=C(C)C1CC[C@]2(/C=C/C(=O)O)CC[C@]3(C)C(CCC4[C@@]5(C)CCC(=O)C(C)(C)C5CC[C@]43C)C12. The standard InChI is InChI=1S/C32H48O3/c1-20(2)21-10-16-32(17-13-26(34)35)19-18-30(6)22(27(21)32)8-9-24-29(5)14-12-25(33)28(3,4)23(29)11-15-31(24,30)7/h13,17,21-24,27H,1,8-12,14-16,18-19H2,2-7H3,(H,34,35)/b17-13+/t21?,22?,23?,24?,27?,29-,30+,31+,32-/m0/s1. The molecule has 5 aliphatic rings. The van der Waals surface area contributed by atoms with Crippen LogP contribution in [-0.2, 0) is 9.59 Å². The van der Waals surface area contributed by atoms with Gasteiger partial charge < -0.3 is 5.11 Å². The molecule has 0 spiro atoms. The summed E-state index contributed by atoms with van der Waals surface area (Å²) in [6, 6.07) is 0. The maximum Gasteiger partial charge on any atom is 0.327 e. The Morgan fingerprint density at radius 1 is 0.914 bits per heavy atom. The molecule has 5 aliphatic carbocycles. The van der Waals surface area contributed by atoms with Gasteiger partial charge in [0.1, 0.15) is 5.78 Å². The number of ketones is 1. The van der Waals surface area contributed by atoms with Crippen molar-refractivity contribution in [3.8, 4) is 0 Å². The summed E-state index contributed by atoms with van der Waals surface area (Å²) in [5.41, 5.74) is 1.85. The molecule has 5 unspecified atom stereocenters. The third-order valence-electron chi connectivity index (χ3n) is 13.4. The van der Waals surface area contributed by atoms with Crippen molar-refractivity contribution < 1.29 is 14.7 Å². The summed E-state index contributed by atoms with van der Waals surface area (Å²) in [6.45, 7) is 18.9. The van der Waals surface area contributed by atoms with Gasteiger partial charge in [0.25, 0.3) is 0 Å². The summed E-state index contributed by atoms with van der Waals surface area (Å²) < 4.78 is 0. The summed E-state index contributed by atoms with van der Waals surface area (Å²) in [5.74, 6) is 2.42. The second-order valence-electron chi connectivity index (χ2n) is 14.7. The lowest BCUT2D eigenvalue weighted by molar-refractivity contribution is -0.230. The number of allylic oxidation sites excluding steroid dienone is 2. The highest BCUT2D eigenvalue weighted by atomic mass is 16.4. The van der Waals surface area contributed by atoms with Crippen molar-refractivity contribution in [2.24, 2.45) is 56.7 Å². The molecule has 0 aromatic carbocycles. The number of rotatable bonds is 3. The fourth-order valence-corrected chi connectivity index (χ4v) is 11.5. The van der Waals surface area contributed by atoms with E-state index in [9.17, 15) is 14.7 Å². The van der Waals surface area contributed by atoms with Crippen molar-refractivity contribution in [2.75, 3.05) is 0 Å². The monoisotopic (exact) mass is 480 g/mol. The molecule has 1 N–H and O–H groups in total. The van der Waals surface area contributed by atoms with Crippen LogP contribution < -0.4 is 0 Å². The van der Waals surface area contributed by atoms with Gasteiger partial charge >= 0.3 is 5.97 Å².